The number of nitrogens with one attached hydrogen (secondary N) is 1. The molecule has 2 rings (SSSR count). The number of sulfone groups is 1. The minimum absolute atomic E-state index is 0.0715. The molecule has 0 spiro atoms. The Morgan fingerprint density at radius 2 is 1.85 bits per heavy atom. The van der Waals surface area contributed by atoms with Gasteiger partial charge in [-0.1, -0.05) is 18.2 Å². The lowest BCUT2D eigenvalue weighted by molar-refractivity contribution is -0.120. The molecule has 1 aromatic heterocycles. The van der Waals surface area contributed by atoms with E-state index in [9.17, 15) is 13.2 Å². The maximum absolute atomic E-state index is 12.0. The maximum Gasteiger partial charge on any atom is 0.221 e. The highest BCUT2D eigenvalue weighted by Gasteiger charge is 2.15. The monoisotopic (exact) mass is 293 g/mol. The van der Waals surface area contributed by atoms with Crippen molar-refractivity contribution in [3.63, 3.8) is 0 Å². The first-order valence-corrected chi connectivity index (χ1v) is 7.80. The summed E-state index contributed by atoms with van der Waals surface area (Å²) in [5, 5.41) is 2.61. The molecule has 0 saturated heterocycles. The molecule has 0 aliphatic rings. The van der Waals surface area contributed by atoms with Crippen molar-refractivity contribution in [3.05, 3.63) is 54.5 Å². The highest BCUT2D eigenvalue weighted by Crippen LogP contribution is 2.11. The Morgan fingerprint density at radius 1 is 1.10 bits per heavy atom. The van der Waals surface area contributed by atoms with Gasteiger partial charge < -0.3 is 9.73 Å². The number of hydrogen-bond acceptors (Lipinski definition) is 4. The Morgan fingerprint density at radius 3 is 2.50 bits per heavy atom. The Kier molecular flexibility index (Phi) is 4.57. The van der Waals surface area contributed by atoms with Crippen LogP contribution < -0.4 is 5.32 Å². The van der Waals surface area contributed by atoms with Gasteiger partial charge in [-0.15, -0.1) is 0 Å². The van der Waals surface area contributed by atoms with Crippen LogP contribution in [0.2, 0.25) is 0 Å². The lowest BCUT2D eigenvalue weighted by Gasteiger charge is -2.05. The van der Waals surface area contributed by atoms with Crippen molar-refractivity contribution in [2.75, 3.05) is 5.75 Å². The molecule has 5 nitrogen and oxygen atoms in total. The Balaban J connectivity index is 1.84. The van der Waals surface area contributed by atoms with Crippen LogP contribution in [-0.2, 0) is 21.2 Å². The van der Waals surface area contributed by atoms with E-state index in [-0.39, 0.29) is 29.5 Å². The number of carbonyl (C=O) groups excluding carboxylic acids is 1. The third-order valence-electron chi connectivity index (χ3n) is 2.74. The number of rotatable bonds is 6. The van der Waals surface area contributed by atoms with E-state index in [1.54, 1.807) is 30.3 Å². The maximum atomic E-state index is 12.0. The number of carbonyl (C=O) groups is 1. The summed E-state index contributed by atoms with van der Waals surface area (Å²) in [5.74, 6) is 0.103. The van der Waals surface area contributed by atoms with E-state index in [4.69, 9.17) is 4.42 Å². The third-order valence-corrected chi connectivity index (χ3v) is 4.47. The van der Waals surface area contributed by atoms with Crippen LogP contribution in [0.4, 0.5) is 0 Å². The quantitative estimate of drug-likeness (QED) is 0.880. The fourth-order valence-electron chi connectivity index (χ4n) is 1.66. The van der Waals surface area contributed by atoms with Crippen LogP contribution in [0.3, 0.4) is 0 Å². The first kappa shape index (κ1) is 14.3. The van der Waals surface area contributed by atoms with Crippen LogP contribution in [-0.4, -0.2) is 20.1 Å². The molecule has 0 aliphatic heterocycles. The molecular formula is C14H15NO4S. The molecule has 1 amide bonds. The zero-order valence-electron chi connectivity index (χ0n) is 10.8. The summed E-state index contributed by atoms with van der Waals surface area (Å²) in [7, 11) is -3.41. The number of amides is 1. The average molecular weight is 293 g/mol. The van der Waals surface area contributed by atoms with E-state index < -0.39 is 9.84 Å². The van der Waals surface area contributed by atoms with Crippen molar-refractivity contribution in [1.82, 2.24) is 5.32 Å². The van der Waals surface area contributed by atoms with Gasteiger partial charge in [0.1, 0.15) is 5.76 Å². The van der Waals surface area contributed by atoms with E-state index in [0.29, 0.717) is 5.76 Å². The molecule has 0 atom stereocenters. The van der Waals surface area contributed by atoms with Crippen LogP contribution in [0.15, 0.2) is 58.0 Å². The van der Waals surface area contributed by atoms with Crippen molar-refractivity contribution in [2.45, 2.75) is 17.9 Å². The van der Waals surface area contributed by atoms with Crippen molar-refractivity contribution in [2.24, 2.45) is 0 Å². The fourth-order valence-corrected chi connectivity index (χ4v) is 2.92. The predicted molar refractivity (Wildman–Crippen MR) is 73.7 cm³/mol. The zero-order chi connectivity index (χ0) is 14.4. The van der Waals surface area contributed by atoms with E-state index in [2.05, 4.69) is 5.32 Å². The summed E-state index contributed by atoms with van der Waals surface area (Å²) in [6.07, 6.45) is 1.44. The smallest absolute Gasteiger partial charge is 0.221 e. The van der Waals surface area contributed by atoms with E-state index >= 15 is 0 Å². The Bertz CT molecular complexity index is 648. The molecular weight excluding hydrogens is 278 g/mol. The minimum Gasteiger partial charge on any atom is -0.467 e. The van der Waals surface area contributed by atoms with Gasteiger partial charge in [-0.2, -0.15) is 0 Å². The number of furan rings is 1. The van der Waals surface area contributed by atoms with E-state index in [0.717, 1.165) is 0 Å². The summed E-state index contributed by atoms with van der Waals surface area (Å²) in [4.78, 5) is 11.8. The Labute approximate surface area is 117 Å². The van der Waals surface area contributed by atoms with Gasteiger partial charge in [0.2, 0.25) is 5.91 Å². The molecule has 1 N–H and O–H groups in total. The highest BCUT2D eigenvalue weighted by molar-refractivity contribution is 7.91. The second-order valence-electron chi connectivity index (χ2n) is 4.24. The van der Waals surface area contributed by atoms with Gasteiger partial charge in [0.05, 0.1) is 23.5 Å². The molecule has 0 bridgehead atoms. The molecule has 0 aliphatic carbocycles. The molecule has 0 saturated carbocycles. The van der Waals surface area contributed by atoms with Crippen LogP contribution in [0.5, 0.6) is 0 Å². The molecule has 106 valence electrons. The highest BCUT2D eigenvalue weighted by atomic mass is 32.2. The summed E-state index contributed by atoms with van der Waals surface area (Å²) in [5.41, 5.74) is 0. The number of hydrogen-bond donors (Lipinski definition) is 1. The Hall–Kier alpha value is -2.08. The first-order chi connectivity index (χ1) is 9.58. The van der Waals surface area contributed by atoms with Crippen molar-refractivity contribution < 1.29 is 17.6 Å². The number of benzene rings is 1. The molecule has 2 aromatic rings. The van der Waals surface area contributed by atoms with E-state index in [1.807, 2.05) is 0 Å². The average Bonchev–Trinajstić information content (AvgIpc) is 2.97. The lowest BCUT2D eigenvalue weighted by atomic mass is 10.4. The van der Waals surface area contributed by atoms with Gasteiger partial charge in [0.15, 0.2) is 9.84 Å². The largest absolute Gasteiger partial charge is 0.467 e. The second-order valence-corrected chi connectivity index (χ2v) is 6.35. The van der Waals surface area contributed by atoms with Gasteiger partial charge in [0, 0.05) is 6.42 Å². The van der Waals surface area contributed by atoms with Gasteiger partial charge in [0.25, 0.3) is 0 Å². The molecule has 0 radical (unpaired) electrons. The standard InChI is InChI=1S/C14H15NO4S/c16-14(15-11-12-5-4-9-19-12)8-10-20(17,18)13-6-2-1-3-7-13/h1-7,9H,8,10-11H2,(H,15,16). The third kappa shape index (κ3) is 3.96. The predicted octanol–water partition coefficient (Wildman–Crippen LogP) is 1.76. The van der Waals surface area contributed by atoms with Crippen molar-refractivity contribution in [1.29, 1.82) is 0 Å². The van der Waals surface area contributed by atoms with Crippen LogP contribution >= 0.6 is 0 Å². The summed E-state index contributed by atoms with van der Waals surface area (Å²) >= 11 is 0. The van der Waals surface area contributed by atoms with Crippen molar-refractivity contribution in [3.8, 4) is 0 Å². The molecule has 0 fully saturated rings. The van der Waals surface area contributed by atoms with Crippen LogP contribution in [0, 0.1) is 0 Å². The van der Waals surface area contributed by atoms with Crippen molar-refractivity contribution >= 4 is 15.7 Å². The fraction of sp³-hybridized carbons (Fsp3) is 0.214. The topological polar surface area (TPSA) is 76.4 Å². The van der Waals surface area contributed by atoms with E-state index in [1.165, 1.54) is 18.4 Å². The molecule has 1 heterocycles. The SMILES string of the molecule is O=C(CCS(=O)(=O)c1ccccc1)NCc1ccco1. The normalized spacial score (nSPS) is 11.2. The summed E-state index contributed by atoms with van der Waals surface area (Å²) in [6, 6.07) is 11.6. The second kappa shape index (κ2) is 6.38. The molecule has 20 heavy (non-hydrogen) atoms. The molecule has 1 aromatic carbocycles. The first-order valence-electron chi connectivity index (χ1n) is 6.15. The molecule has 6 heteroatoms. The van der Waals surface area contributed by atoms with Gasteiger partial charge in [-0.05, 0) is 24.3 Å². The summed E-state index contributed by atoms with van der Waals surface area (Å²) in [6.45, 7) is 0.261. The zero-order valence-corrected chi connectivity index (χ0v) is 11.6. The van der Waals surface area contributed by atoms with Gasteiger partial charge in [-0.3, -0.25) is 4.79 Å². The van der Waals surface area contributed by atoms with Crippen LogP contribution in [0.25, 0.3) is 0 Å². The lowest BCUT2D eigenvalue weighted by Crippen LogP contribution is -2.25. The van der Waals surface area contributed by atoms with Crippen LogP contribution in [0.1, 0.15) is 12.2 Å². The minimum atomic E-state index is -3.41. The van der Waals surface area contributed by atoms with Gasteiger partial charge >= 0.3 is 0 Å². The molecule has 0 unspecified atom stereocenters. The summed E-state index contributed by atoms with van der Waals surface area (Å²) < 4.78 is 29.0. The van der Waals surface area contributed by atoms with Gasteiger partial charge in [-0.25, -0.2) is 8.42 Å².